The molecule has 7 nitrogen and oxygen atoms in total. The first kappa shape index (κ1) is 26.1. The molecule has 0 bridgehead atoms. The van der Waals surface area contributed by atoms with Crippen molar-refractivity contribution in [3.63, 3.8) is 0 Å². The second-order valence-corrected chi connectivity index (χ2v) is 11.8. The minimum Gasteiger partial charge on any atom is -0.545 e. The fourth-order valence-corrected chi connectivity index (χ4v) is 5.89. The largest absolute Gasteiger partial charge is 0.545 e. The Hall–Kier alpha value is -4.13. The molecule has 2 fully saturated rings. The lowest BCUT2D eigenvalue weighted by Gasteiger charge is -2.22. The lowest BCUT2D eigenvalue weighted by molar-refractivity contribution is -0.254. The molecular formula is C33H34N2O5. The zero-order chi connectivity index (χ0) is 28.0. The zero-order valence-electron chi connectivity index (χ0n) is 23.3. The van der Waals surface area contributed by atoms with E-state index >= 15 is 0 Å². The summed E-state index contributed by atoms with van der Waals surface area (Å²) in [4.78, 5) is 27.7. The van der Waals surface area contributed by atoms with Crippen LogP contribution in [0.1, 0.15) is 67.2 Å². The van der Waals surface area contributed by atoms with Crippen molar-refractivity contribution in [2.75, 3.05) is 31.1 Å². The number of hydrogen-bond donors (Lipinski definition) is 0. The smallest absolute Gasteiger partial charge is 0.338 e. The van der Waals surface area contributed by atoms with Gasteiger partial charge in [-0.1, -0.05) is 6.07 Å². The predicted octanol–water partition coefficient (Wildman–Crippen LogP) is 4.69. The molecule has 4 aliphatic rings. The third-order valence-corrected chi connectivity index (χ3v) is 7.77. The van der Waals surface area contributed by atoms with Crippen molar-refractivity contribution < 1.29 is 23.8 Å². The molecule has 2 saturated heterocycles. The van der Waals surface area contributed by atoms with Gasteiger partial charge in [0.15, 0.2) is 0 Å². The summed E-state index contributed by atoms with van der Waals surface area (Å²) in [5.74, 6) is -1.16. The molecule has 2 aromatic rings. The molecule has 0 atom stereocenters. The van der Waals surface area contributed by atoms with Crippen molar-refractivity contribution in [2.45, 2.75) is 52.1 Å². The molecule has 206 valence electrons. The summed E-state index contributed by atoms with van der Waals surface area (Å²) in [6.07, 6.45) is 4.63. The SMILES string of the molecule is CC(C)(C)OC(=O)c1ccc(C(=O)[O-])c(-c2c3ccc(=[N+]4CCCC4)cc-3oc3cc(N4CCCC4)ccc23)c1. The summed E-state index contributed by atoms with van der Waals surface area (Å²) >= 11 is 0. The van der Waals surface area contributed by atoms with Gasteiger partial charge in [0.05, 0.1) is 17.6 Å². The lowest BCUT2D eigenvalue weighted by Crippen LogP contribution is -2.26. The van der Waals surface area contributed by atoms with Crippen molar-refractivity contribution in [3.8, 4) is 22.5 Å². The Morgan fingerprint density at radius 3 is 2.35 bits per heavy atom. The van der Waals surface area contributed by atoms with Crippen LogP contribution in [0.4, 0.5) is 5.69 Å². The quantitative estimate of drug-likeness (QED) is 0.213. The lowest BCUT2D eigenvalue weighted by atomic mass is 9.89. The number of nitrogens with zero attached hydrogens (tertiary/aromatic N) is 2. The van der Waals surface area contributed by atoms with Crippen LogP contribution in [0.2, 0.25) is 0 Å². The van der Waals surface area contributed by atoms with Crippen molar-refractivity contribution in [1.82, 2.24) is 4.58 Å². The molecule has 3 aliphatic heterocycles. The highest BCUT2D eigenvalue weighted by Crippen LogP contribution is 2.42. The molecule has 0 amide bonds. The highest BCUT2D eigenvalue weighted by atomic mass is 16.6. The number of ether oxygens (including phenoxy) is 1. The standard InChI is InChI=1S/C33H34N2O5/c1-33(2,3)40-32(38)21-8-11-24(31(36)37)27(18-21)30-25-12-9-22(34-14-4-5-15-34)19-28(25)39-29-20-23(10-13-26(29)30)35-16-6-7-17-35/h8-13,18-20H,4-7,14-17H2,1-3H3. The van der Waals surface area contributed by atoms with Gasteiger partial charge in [-0.25, -0.2) is 9.37 Å². The van der Waals surface area contributed by atoms with E-state index < -0.39 is 17.5 Å². The van der Waals surface area contributed by atoms with Crippen LogP contribution < -0.4 is 19.9 Å². The fourth-order valence-electron chi connectivity index (χ4n) is 5.89. The predicted molar refractivity (Wildman–Crippen MR) is 153 cm³/mol. The number of carboxylic acids is 1. The van der Waals surface area contributed by atoms with Gasteiger partial charge in [-0.15, -0.1) is 0 Å². The van der Waals surface area contributed by atoms with E-state index in [9.17, 15) is 14.7 Å². The Balaban J connectivity index is 1.63. The first-order valence-electron chi connectivity index (χ1n) is 14.1. The molecule has 6 rings (SSSR count). The van der Waals surface area contributed by atoms with E-state index in [0.29, 0.717) is 22.5 Å². The van der Waals surface area contributed by atoms with Gasteiger partial charge in [0.2, 0.25) is 5.36 Å². The van der Waals surface area contributed by atoms with E-state index in [1.165, 1.54) is 12.1 Å². The molecule has 0 N–H and O–H groups in total. The van der Waals surface area contributed by atoms with Crippen molar-refractivity contribution >= 4 is 28.6 Å². The molecular weight excluding hydrogens is 504 g/mol. The summed E-state index contributed by atoms with van der Waals surface area (Å²) in [5.41, 5.74) is 3.21. The van der Waals surface area contributed by atoms with Gasteiger partial charge in [0.25, 0.3) is 0 Å². The van der Waals surface area contributed by atoms with E-state index in [2.05, 4.69) is 21.6 Å². The van der Waals surface area contributed by atoms with E-state index in [1.54, 1.807) is 26.8 Å². The maximum Gasteiger partial charge on any atom is 0.338 e. The van der Waals surface area contributed by atoms with E-state index in [0.717, 1.165) is 73.9 Å². The minimum absolute atomic E-state index is 0.00773. The van der Waals surface area contributed by atoms with Gasteiger partial charge in [-0.2, -0.15) is 0 Å². The molecule has 0 unspecified atom stereocenters. The van der Waals surface area contributed by atoms with Crippen molar-refractivity contribution in [1.29, 1.82) is 0 Å². The number of benzene rings is 3. The third kappa shape index (κ3) is 4.96. The first-order chi connectivity index (χ1) is 19.2. The molecule has 0 radical (unpaired) electrons. The van der Waals surface area contributed by atoms with Crippen LogP contribution >= 0.6 is 0 Å². The molecule has 1 aliphatic carbocycles. The Morgan fingerprint density at radius 1 is 0.900 bits per heavy atom. The van der Waals surface area contributed by atoms with Gasteiger partial charge in [-0.3, -0.25) is 0 Å². The number of fused-ring (bicyclic) bond motifs is 2. The molecule has 0 spiro atoms. The fraction of sp³-hybridized carbons (Fsp3) is 0.364. The van der Waals surface area contributed by atoms with Crippen LogP contribution in [-0.2, 0) is 4.74 Å². The highest BCUT2D eigenvalue weighted by Gasteiger charge is 2.25. The summed E-state index contributed by atoms with van der Waals surface area (Å²) in [6, 6.07) is 16.7. The monoisotopic (exact) mass is 538 g/mol. The normalized spacial score (nSPS) is 15.8. The topological polar surface area (TPSA) is 85.8 Å². The first-order valence-corrected chi connectivity index (χ1v) is 14.1. The number of carbonyl (C=O) groups excluding carboxylic acids is 2. The maximum atomic E-state index is 13.0. The Morgan fingerprint density at radius 2 is 1.65 bits per heavy atom. The van der Waals surface area contributed by atoms with E-state index in [1.807, 2.05) is 24.3 Å². The molecule has 7 heteroatoms. The van der Waals surface area contributed by atoms with Crippen LogP contribution in [0.5, 0.6) is 0 Å². The molecule has 2 aromatic carbocycles. The van der Waals surface area contributed by atoms with E-state index in [4.69, 9.17) is 9.15 Å². The van der Waals surface area contributed by atoms with Gasteiger partial charge in [0.1, 0.15) is 30.0 Å². The summed E-state index contributed by atoms with van der Waals surface area (Å²) in [6.45, 7) is 9.40. The highest BCUT2D eigenvalue weighted by molar-refractivity contribution is 6.08. The van der Waals surface area contributed by atoms with Crippen LogP contribution in [-0.4, -0.2) is 43.7 Å². The Labute approximate surface area is 233 Å². The van der Waals surface area contributed by atoms with Crippen molar-refractivity contribution in [3.05, 3.63) is 71.1 Å². The van der Waals surface area contributed by atoms with Crippen LogP contribution in [0.3, 0.4) is 0 Å². The minimum atomic E-state index is -1.31. The molecule has 0 aromatic heterocycles. The molecule has 0 saturated carbocycles. The molecule has 40 heavy (non-hydrogen) atoms. The molecule has 3 heterocycles. The zero-order valence-corrected chi connectivity index (χ0v) is 23.3. The average molecular weight is 539 g/mol. The van der Waals surface area contributed by atoms with Crippen molar-refractivity contribution in [2.24, 2.45) is 0 Å². The number of carboxylic acid groups (broad SMARTS) is 1. The number of anilines is 1. The maximum absolute atomic E-state index is 13.0. The third-order valence-electron chi connectivity index (χ3n) is 7.77. The van der Waals surface area contributed by atoms with Crippen LogP contribution in [0.25, 0.3) is 33.4 Å². The van der Waals surface area contributed by atoms with E-state index in [-0.39, 0.29) is 11.1 Å². The Kier molecular flexibility index (Phi) is 6.61. The average Bonchev–Trinajstić information content (AvgIpc) is 3.65. The number of esters is 1. The summed E-state index contributed by atoms with van der Waals surface area (Å²) < 4.78 is 14.5. The van der Waals surface area contributed by atoms with Gasteiger partial charge in [-0.05, 0) is 69.5 Å². The second-order valence-electron chi connectivity index (χ2n) is 11.8. The number of hydrogen-bond acceptors (Lipinski definition) is 6. The summed E-state index contributed by atoms with van der Waals surface area (Å²) in [5, 5.41) is 14.2. The van der Waals surface area contributed by atoms with Crippen LogP contribution in [0, 0.1) is 0 Å². The number of aromatic carboxylic acids is 1. The van der Waals surface area contributed by atoms with Gasteiger partial charge >= 0.3 is 5.97 Å². The van der Waals surface area contributed by atoms with Gasteiger partial charge in [0, 0.05) is 65.8 Å². The number of carbonyl (C=O) groups is 2. The Bertz CT molecular complexity index is 1660. The summed E-state index contributed by atoms with van der Waals surface area (Å²) in [7, 11) is 0. The van der Waals surface area contributed by atoms with Crippen LogP contribution in [0.15, 0.2) is 59.0 Å². The van der Waals surface area contributed by atoms with Gasteiger partial charge < -0.3 is 24.0 Å². The number of rotatable bonds is 4. The second kappa shape index (κ2) is 10.1.